The van der Waals surface area contributed by atoms with Crippen molar-refractivity contribution in [1.29, 1.82) is 0 Å². The van der Waals surface area contributed by atoms with Crippen LogP contribution in [0.1, 0.15) is 24.0 Å². The molecular weight excluding hydrogens is 248 g/mol. The SMILES string of the molecule is CCc1ccc(CNCCc2cc(F)cc(F)c2)o1. The second kappa shape index (κ2) is 6.48. The Labute approximate surface area is 111 Å². The van der Waals surface area contributed by atoms with E-state index in [-0.39, 0.29) is 0 Å². The van der Waals surface area contributed by atoms with Gasteiger partial charge in [0.2, 0.25) is 0 Å². The van der Waals surface area contributed by atoms with Crippen LogP contribution in [-0.2, 0) is 19.4 Å². The highest BCUT2D eigenvalue weighted by atomic mass is 19.1. The topological polar surface area (TPSA) is 25.2 Å². The van der Waals surface area contributed by atoms with Crippen LogP contribution in [0.25, 0.3) is 0 Å². The largest absolute Gasteiger partial charge is 0.465 e. The van der Waals surface area contributed by atoms with Gasteiger partial charge in [-0.2, -0.15) is 0 Å². The van der Waals surface area contributed by atoms with Gasteiger partial charge in [0.25, 0.3) is 0 Å². The molecule has 0 radical (unpaired) electrons. The molecule has 0 fully saturated rings. The van der Waals surface area contributed by atoms with E-state index in [1.807, 2.05) is 19.1 Å². The molecule has 2 aromatic rings. The molecule has 0 aliphatic heterocycles. The van der Waals surface area contributed by atoms with Crippen molar-refractivity contribution in [3.05, 3.63) is 59.1 Å². The zero-order valence-corrected chi connectivity index (χ0v) is 10.9. The van der Waals surface area contributed by atoms with Crippen LogP contribution in [0.5, 0.6) is 0 Å². The van der Waals surface area contributed by atoms with Crippen LogP contribution < -0.4 is 5.32 Å². The molecule has 1 heterocycles. The van der Waals surface area contributed by atoms with E-state index in [1.165, 1.54) is 12.1 Å². The molecule has 0 aliphatic carbocycles. The van der Waals surface area contributed by atoms with E-state index in [9.17, 15) is 8.78 Å². The molecule has 0 atom stereocenters. The van der Waals surface area contributed by atoms with E-state index in [4.69, 9.17) is 4.42 Å². The number of furan rings is 1. The lowest BCUT2D eigenvalue weighted by molar-refractivity contribution is 0.451. The third-order valence-corrected chi connectivity index (χ3v) is 2.88. The van der Waals surface area contributed by atoms with Crippen LogP contribution >= 0.6 is 0 Å². The van der Waals surface area contributed by atoms with Gasteiger partial charge in [-0.1, -0.05) is 6.92 Å². The van der Waals surface area contributed by atoms with E-state index < -0.39 is 11.6 Å². The van der Waals surface area contributed by atoms with E-state index >= 15 is 0 Å². The average molecular weight is 265 g/mol. The Morgan fingerprint density at radius 1 is 1.05 bits per heavy atom. The van der Waals surface area contributed by atoms with Crippen LogP contribution in [-0.4, -0.2) is 6.54 Å². The van der Waals surface area contributed by atoms with Gasteiger partial charge in [-0.15, -0.1) is 0 Å². The zero-order chi connectivity index (χ0) is 13.7. The Morgan fingerprint density at radius 3 is 2.37 bits per heavy atom. The van der Waals surface area contributed by atoms with Crippen molar-refractivity contribution in [1.82, 2.24) is 5.32 Å². The van der Waals surface area contributed by atoms with Crippen LogP contribution in [0.4, 0.5) is 8.78 Å². The summed E-state index contributed by atoms with van der Waals surface area (Å²) in [6, 6.07) is 7.48. The van der Waals surface area contributed by atoms with Gasteiger partial charge in [0.1, 0.15) is 23.2 Å². The minimum Gasteiger partial charge on any atom is -0.465 e. The number of nitrogens with one attached hydrogen (secondary N) is 1. The van der Waals surface area contributed by atoms with Crippen molar-refractivity contribution in [2.75, 3.05) is 6.54 Å². The first-order chi connectivity index (χ1) is 9.17. The van der Waals surface area contributed by atoms with Crippen LogP contribution in [0.2, 0.25) is 0 Å². The van der Waals surface area contributed by atoms with Gasteiger partial charge < -0.3 is 9.73 Å². The summed E-state index contributed by atoms with van der Waals surface area (Å²) >= 11 is 0. The van der Waals surface area contributed by atoms with Gasteiger partial charge in [-0.05, 0) is 42.8 Å². The van der Waals surface area contributed by atoms with E-state index in [2.05, 4.69) is 5.32 Å². The summed E-state index contributed by atoms with van der Waals surface area (Å²) in [5.41, 5.74) is 0.652. The standard InChI is InChI=1S/C15H17F2NO/c1-2-14-3-4-15(19-14)10-18-6-5-11-7-12(16)9-13(17)8-11/h3-4,7-9,18H,2,5-6,10H2,1H3. The van der Waals surface area contributed by atoms with Gasteiger partial charge in [0.15, 0.2) is 0 Å². The van der Waals surface area contributed by atoms with Gasteiger partial charge in [0.05, 0.1) is 6.54 Å². The first kappa shape index (κ1) is 13.7. The molecule has 0 amide bonds. The second-order valence-electron chi connectivity index (χ2n) is 4.43. The highest BCUT2D eigenvalue weighted by Gasteiger charge is 2.02. The molecule has 0 unspecified atom stereocenters. The van der Waals surface area contributed by atoms with Gasteiger partial charge >= 0.3 is 0 Å². The molecule has 4 heteroatoms. The Morgan fingerprint density at radius 2 is 1.74 bits per heavy atom. The van der Waals surface area contributed by atoms with Crippen LogP contribution in [0.15, 0.2) is 34.7 Å². The summed E-state index contributed by atoms with van der Waals surface area (Å²) in [6.07, 6.45) is 1.46. The molecule has 0 saturated heterocycles. The minimum atomic E-state index is -0.534. The quantitative estimate of drug-likeness (QED) is 0.809. The second-order valence-corrected chi connectivity index (χ2v) is 4.43. The monoisotopic (exact) mass is 265 g/mol. The summed E-state index contributed by atoms with van der Waals surface area (Å²) in [5.74, 6) is 0.772. The molecule has 102 valence electrons. The van der Waals surface area contributed by atoms with Crippen molar-refractivity contribution < 1.29 is 13.2 Å². The first-order valence-corrected chi connectivity index (χ1v) is 6.40. The molecule has 0 saturated carbocycles. The Balaban J connectivity index is 1.77. The summed E-state index contributed by atoms with van der Waals surface area (Å²) in [4.78, 5) is 0. The first-order valence-electron chi connectivity index (χ1n) is 6.40. The molecule has 1 aromatic carbocycles. The zero-order valence-electron chi connectivity index (χ0n) is 10.9. The molecule has 19 heavy (non-hydrogen) atoms. The third-order valence-electron chi connectivity index (χ3n) is 2.88. The fraction of sp³-hybridized carbons (Fsp3) is 0.333. The molecule has 1 N–H and O–H groups in total. The maximum absolute atomic E-state index is 13.0. The molecular formula is C15H17F2NO. The van der Waals surface area contributed by atoms with Crippen molar-refractivity contribution in [3.8, 4) is 0 Å². The smallest absolute Gasteiger partial charge is 0.126 e. The predicted octanol–water partition coefficient (Wildman–Crippen LogP) is 3.45. The fourth-order valence-electron chi connectivity index (χ4n) is 1.91. The van der Waals surface area contributed by atoms with Gasteiger partial charge in [0, 0.05) is 12.5 Å². The molecule has 2 rings (SSSR count). The molecule has 0 aliphatic rings. The lowest BCUT2D eigenvalue weighted by Gasteiger charge is -2.04. The summed E-state index contributed by atoms with van der Waals surface area (Å²) < 4.78 is 31.5. The van der Waals surface area contributed by atoms with Gasteiger partial charge in [-0.3, -0.25) is 0 Å². The molecule has 0 bridgehead atoms. The lowest BCUT2D eigenvalue weighted by atomic mass is 10.1. The molecule has 0 spiro atoms. The normalized spacial score (nSPS) is 10.9. The summed E-state index contributed by atoms with van der Waals surface area (Å²) in [7, 11) is 0. The number of benzene rings is 1. The molecule has 1 aromatic heterocycles. The van der Waals surface area contributed by atoms with Crippen molar-refractivity contribution in [2.45, 2.75) is 26.3 Å². The highest BCUT2D eigenvalue weighted by Crippen LogP contribution is 2.09. The van der Waals surface area contributed by atoms with Crippen LogP contribution in [0.3, 0.4) is 0 Å². The summed E-state index contributed by atoms with van der Waals surface area (Å²) in [6.45, 7) is 3.30. The number of hydrogen-bond donors (Lipinski definition) is 1. The number of hydrogen-bond acceptors (Lipinski definition) is 2. The average Bonchev–Trinajstić information content (AvgIpc) is 2.81. The number of aryl methyl sites for hydroxylation is 1. The van der Waals surface area contributed by atoms with Crippen molar-refractivity contribution in [3.63, 3.8) is 0 Å². The Bertz CT molecular complexity index is 516. The number of rotatable bonds is 6. The Kier molecular flexibility index (Phi) is 4.68. The summed E-state index contributed by atoms with van der Waals surface area (Å²) in [5, 5.41) is 3.19. The lowest BCUT2D eigenvalue weighted by Crippen LogP contribution is -2.16. The van der Waals surface area contributed by atoms with Gasteiger partial charge in [-0.25, -0.2) is 8.78 Å². The van der Waals surface area contributed by atoms with Crippen molar-refractivity contribution in [2.24, 2.45) is 0 Å². The van der Waals surface area contributed by atoms with E-state index in [0.717, 1.165) is 24.0 Å². The molecule has 2 nitrogen and oxygen atoms in total. The van der Waals surface area contributed by atoms with E-state index in [0.29, 0.717) is 25.1 Å². The fourth-order valence-corrected chi connectivity index (χ4v) is 1.91. The maximum atomic E-state index is 13.0. The third kappa shape index (κ3) is 4.17. The van der Waals surface area contributed by atoms with Crippen molar-refractivity contribution >= 4 is 0 Å². The predicted molar refractivity (Wildman–Crippen MR) is 69.9 cm³/mol. The van der Waals surface area contributed by atoms with Crippen LogP contribution in [0, 0.1) is 11.6 Å². The minimum absolute atomic E-state index is 0.534. The Hall–Kier alpha value is -1.68. The maximum Gasteiger partial charge on any atom is 0.126 e. The van der Waals surface area contributed by atoms with E-state index in [1.54, 1.807) is 0 Å². The highest BCUT2D eigenvalue weighted by molar-refractivity contribution is 5.18. The number of halogens is 2.